The minimum atomic E-state index is -1.28. The van der Waals surface area contributed by atoms with E-state index in [4.69, 9.17) is 14.6 Å². The lowest BCUT2D eigenvalue weighted by Gasteiger charge is -2.11. The van der Waals surface area contributed by atoms with Gasteiger partial charge >= 0.3 is 17.9 Å². The monoisotopic (exact) mass is 306 g/mol. The van der Waals surface area contributed by atoms with Gasteiger partial charge in [0.15, 0.2) is 6.29 Å². The molecule has 0 aliphatic carbocycles. The van der Waals surface area contributed by atoms with E-state index in [-0.39, 0.29) is 17.7 Å². The summed E-state index contributed by atoms with van der Waals surface area (Å²) >= 11 is 0. The average Bonchev–Trinajstić information content (AvgIpc) is 2.45. The summed E-state index contributed by atoms with van der Waals surface area (Å²) in [5.41, 5.74) is 0.227. The molecule has 0 radical (unpaired) electrons. The summed E-state index contributed by atoms with van der Waals surface area (Å²) in [5, 5.41) is 8.36. The molecule has 1 unspecified atom stereocenters. The third-order valence-electron chi connectivity index (χ3n) is 2.40. The first-order chi connectivity index (χ1) is 10.4. The Morgan fingerprint density at radius 2 is 1.91 bits per heavy atom. The lowest BCUT2D eigenvalue weighted by molar-refractivity contribution is -0.147. The molecule has 1 rings (SSSR count). The number of aldehydes is 1. The standard InChI is InChI=1S/C15H14O7/c1-10(21-14(19)7-6-13(17)18)8-15(20)22-12-5-3-2-4-11(12)9-16/h2-7,9-10H,8H2,1H3,(H,17,18)/b7-6+. The van der Waals surface area contributed by atoms with Gasteiger partial charge in [0.05, 0.1) is 12.0 Å². The van der Waals surface area contributed by atoms with Gasteiger partial charge in [0.25, 0.3) is 0 Å². The summed E-state index contributed by atoms with van der Waals surface area (Å²) in [6.45, 7) is 1.46. The molecule has 0 fully saturated rings. The lowest BCUT2D eigenvalue weighted by Crippen LogP contribution is -2.21. The van der Waals surface area contributed by atoms with Crippen molar-refractivity contribution < 1.29 is 33.8 Å². The van der Waals surface area contributed by atoms with Crippen molar-refractivity contribution in [2.45, 2.75) is 19.4 Å². The fourth-order valence-corrected chi connectivity index (χ4v) is 1.49. The Balaban J connectivity index is 2.52. The first-order valence-corrected chi connectivity index (χ1v) is 6.29. The van der Waals surface area contributed by atoms with Crippen molar-refractivity contribution >= 4 is 24.2 Å². The smallest absolute Gasteiger partial charge is 0.331 e. The number of carbonyl (C=O) groups is 4. The van der Waals surface area contributed by atoms with Gasteiger partial charge in [-0.2, -0.15) is 0 Å². The Morgan fingerprint density at radius 1 is 1.23 bits per heavy atom. The zero-order valence-corrected chi connectivity index (χ0v) is 11.7. The van der Waals surface area contributed by atoms with Crippen LogP contribution in [0.5, 0.6) is 5.75 Å². The van der Waals surface area contributed by atoms with Gasteiger partial charge in [0, 0.05) is 12.2 Å². The zero-order valence-electron chi connectivity index (χ0n) is 11.7. The van der Waals surface area contributed by atoms with Crippen LogP contribution in [0.3, 0.4) is 0 Å². The minimum absolute atomic E-state index is 0.117. The molecule has 1 atom stereocenters. The number of carbonyl (C=O) groups excluding carboxylic acids is 3. The molecule has 0 spiro atoms. The molecule has 1 aromatic rings. The molecule has 0 aromatic heterocycles. The molecular formula is C15H14O7. The molecule has 22 heavy (non-hydrogen) atoms. The Labute approximate surface area is 126 Å². The number of carboxylic acids is 1. The van der Waals surface area contributed by atoms with Gasteiger partial charge in [-0.1, -0.05) is 12.1 Å². The maximum atomic E-state index is 11.7. The molecule has 0 aliphatic heterocycles. The Morgan fingerprint density at radius 3 is 2.55 bits per heavy atom. The van der Waals surface area contributed by atoms with Crippen LogP contribution in [0.25, 0.3) is 0 Å². The topological polar surface area (TPSA) is 107 Å². The Hall–Kier alpha value is -2.96. The highest BCUT2D eigenvalue weighted by atomic mass is 16.6. The quantitative estimate of drug-likeness (QED) is 0.351. The molecule has 0 saturated carbocycles. The number of hydrogen-bond acceptors (Lipinski definition) is 6. The zero-order chi connectivity index (χ0) is 16.5. The Bertz CT molecular complexity index is 604. The average molecular weight is 306 g/mol. The number of para-hydroxylation sites is 1. The fourth-order valence-electron chi connectivity index (χ4n) is 1.49. The lowest BCUT2D eigenvalue weighted by atomic mass is 10.2. The van der Waals surface area contributed by atoms with Crippen molar-refractivity contribution in [2.24, 2.45) is 0 Å². The third kappa shape index (κ3) is 6.00. The highest BCUT2D eigenvalue weighted by molar-refractivity contribution is 5.91. The molecule has 0 aliphatic rings. The molecule has 1 aromatic carbocycles. The summed E-state index contributed by atoms with van der Waals surface area (Å²) < 4.78 is 9.82. The first kappa shape index (κ1) is 17.1. The van der Waals surface area contributed by atoms with E-state index in [0.29, 0.717) is 12.4 Å². The summed E-state index contributed by atoms with van der Waals surface area (Å²) in [4.78, 5) is 43.9. The van der Waals surface area contributed by atoms with Gasteiger partial charge in [0.2, 0.25) is 0 Å². The van der Waals surface area contributed by atoms with Crippen molar-refractivity contribution in [1.82, 2.24) is 0 Å². The van der Waals surface area contributed by atoms with E-state index in [9.17, 15) is 19.2 Å². The van der Waals surface area contributed by atoms with Crippen LogP contribution in [-0.4, -0.2) is 35.4 Å². The molecule has 0 saturated heterocycles. The first-order valence-electron chi connectivity index (χ1n) is 6.29. The van der Waals surface area contributed by atoms with E-state index in [1.807, 2.05) is 0 Å². The summed E-state index contributed by atoms with van der Waals surface area (Å²) in [7, 11) is 0. The van der Waals surface area contributed by atoms with Gasteiger partial charge in [-0.05, 0) is 19.1 Å². The summed E-state index contributed by atoms with van der Waals surface area (Å²) in [6.07, 6.45) is 0.893. The molecule has 0 heterocycles. The largest absolute Gasteiger partial charge is 0.478 e. The molecule has 1 N–H and O–H groups in total. The van der Waals surface area contributed by atoms with Crippen LogP contribution in [0.15, 0.2) is 36.4 Å². The van der Waals surface area contributed by atoms with Crippen LogP contribution in [0.1, 0.15) is 23.7 Å². The highest BCUT2D eigenvalue weighted by Gasteiger charge is 2.15. The van der Waals surface area contributed by atoms with Crippen LogP contribution in [-0.2, 0) is 19.1 Å². The van der Waals surface area contributed by atoms with Gasteiger partial charge in [-0.3, -0.25) is 9.59 Å². The number of benzene rings is 1. The van der Waals surface area contributed by atoms with Crippen molar-refractivity contribution in [3.05, 3.63) is 42.0 Å². The van der Waals surface area contributed by atoms with E-state index in [0.717, 1.165) is 6.08 Å². The Kier molecular flexibility index (Phi) is 6.49. The predicted molar refractivity (Wildman–Crippen MR) is 74.4 cm³/mol. The molecule has 0 bridgehead atoms. The number of aliphatic carboxylic acids is 1. The maximum absolute atomic E-state index is 11.7. The summed E-state index contributed by atoms with van der Waals surface area (Å²) in [5.74, 6) is -2.73. The van der Waals surface area contributed by atoms with Crippen molar-refractivity contribution in [1.29, 1.82) is 0 Å². The normalized spacial score (nSPS) is 11.7. The highest BCUT2D eigenvalue weighted by Crippen LogP contribution is 2.16. The molecule has 7 nitrogen and oxygen atoms in total. The van der Waals surface area contributed by atoms with Gasteiger partial charge < -0.3 is 14.6 Å². The number of ether oxygens (including phenoxy) is 2. The second-order valence-electron chi connectivity index (χ2n) is 4.25. The molecule has 7 heteroatoms. The number of carboxylic acid groups (broad SMARTS) is 1. The van der Waals surface area contributed by atoms with Crippen molar-refractivity contribution in [2.75, 3.05) is 0 Å². The van der Waals surface area contributed by atoms with Crippen LogP contribution in [0.2, 0.25) is 0 Å². The fraction of sp³-hybridized carbons (Fsp3) is 0.200. The van der Waals surface area contributed by atoms with Crippen molar-refractivity contribution in [3.8, 4) is 5.75 Å². The molecule has 0 amide bonds. The van der Waals surface area contributed by atoms with E-state index in [1.54, 1.807) is 12.1 Å². The SMILES string of the molecule is CC(CC(=O)Oc1ccccc1C=O)OC(=O)/C=C/C(=O)O. The van der Waals surface area contributed by atoms with Gasteiger partial charge in [-0.25, -0.2) is 9.59 Å². The van der Waals surface area contributed by atoms with E-state index in [1.165, 1.54) is 19.1 Å². The second-order valence-corrected chi connectivity index (χ2v) is 4.25. The van der Waals surface area contributed by atoms with Crippen molar-refractivity contribution in [3.63, 3.8) is 0 Å². The van der Waals surface area contributed by atoms with E-state index in [2.05, 4.69) is 0 Å². The minimum Gasteiger partial charge on any atom is -0.478 e. The number of hydrogen-bond donors (Lipinski definition) is 1. The predicted octanol–water partition coefficient (Wildman–Crippen LogP) is 1.37. The van der Waals surface area contributed by atoms with E-state index < -0.39 is 24.0 Å². The van der Waals surface area contributed by atoms with Crippen LogP contribution >= 0.6 is 0 Å². The van der Waals surface area contributed by atoms with E-state index >= 15 is 0 Å². The second kappa shape index (κ2) is 8.35. The number of esters is 2. The number of rotatable bonds is 7. The molecular weight excluding hydrogens is 292 g/mol. The third-order valence-corrected chi connectivity index (χ3v) is 2.40. The van der Waals surface area contributed by atoms with Crippen LogP contribution in [0.4, 0.5) is 0 Å². The van der Waals surface area contributed by atoms with Crippen LogP contribution < -0.4 is 4.74 Å². The van der Waals surface area contributed by atoms with Gasteiger partial charge in [0.1, 0.15) is 11.9 Å². The van der Waals surface area contributed by atoms with Crippen LogP contribution in [0, 0.1) is 0 Å². The molecule has 116 valence electrons. The maximum Gasteiger partial charge on any atom is 0.331 e. The van der Waals surface area contributed by atoms with Gasteiger partial charge in [-0.15, -0.1) is 0 Å². The summed E-state index contributed by atoms with van der Waals surface area (Å²) in [6, 6.07) is 6.19.